The van der Waals surface area contributed by atoms with Gasteiger partial charge < -0.3 is 24.4 Å². The van der Waals surface area contributed by atoms with Crippen LogP contribution in [0.1, 0.15) is 38.6 Å². The van der Waals surface area contributed by atoms with Gasteiger partial charge in [-0.05, 0) is 24.1 Å². The number of rotatable bonds is 7. The van der Waals surface area contributed by atoms with Crippen molar-refractivity contribution in [2.75, 3.05) is 27.3 Å². The maximum Gasteiger partial charge on any atom is 0.573 e. The Morgan fingerprint density at radius 1 is 1.00 bits per heavy atom. The minimum atomic E-state index is -4.94. The van der Waals surface area contributed by atoms with Crippen LogP contribution in [0, 0.1) is 0 Å². The standard InChI is InChI=1S/C27H26F3N3O5/c1-36-23-14-18(15-31-25(23)37-2)26(35)33-13-12-21(20(16-33)17-8-4-3-5-9-17)32-24(34)19-10-6-7-11-22(19)38-27(28,29)30/h3-11,14-15,20-21H,12-13,16H2,1-2H3,(H,32,34)/t20-,21-/m1/s1. The maximum absolute atomic E-state index is 13.4. The summed E-state index contributed by atoms with van der Waals surface area (Å²) in [7, 11) is 2.90. The van der Waals surface area contributed by atoms with Crippen molar-refractivity contribution in [3.8, 4) is 17.4 Å². The molecule has 200 valence electrons. The van der Waals surface area contributed by atoms with Gasteiger partial charge in [0.1, 0.15) is 5.75 Å². The Balaban J connectivity index is 1.56. The maximum atomic E-state index is 13.4. The van der Waals surface area contributed by atoms with Crippen LogP contribution in [-0.4, -0.2) is 61.4 Å². The van der Waals surface area contributed by atoms with Crippen molar-refractivity contribution < 1.29 is 37.0 Å². The molecule has 0 bridgehead atoms. The number of pyridine rings is 1. The van der Waals surface area contributed by atoms with Crippen molar-refractivity contribution in [1.82, 2.24) is 15.2 Å². The number of hydrogen-bond acceptors (Lipinski definition) is 6. The molecule has 1 N–H and O–H groups in total. The Labute approximate surface area is 217 Å². The van der Waals surface area contributed by atoms with E-state index in [0.717, 1.165) is 11.6 Å². The number of methoxy groups -OCH3 is 2. The number of carbonyl (C=O) groups is 2. The molecule has 0 saturated carbocycles. The van der Waals surface area contributed by atoms with Crippen LogP contribution in [0.2, 0.25) is 0 Å². The predicted octanol–water partition coefficient (Wildman–Crippen LogP) is 4.43. The van der Waals surface area contributed by atoms with Crippen LogP contribution < -0.4 is 19.5 Å². The smallest absolute Gasteiger partial charge is 0.491 e. The number of benzene rings is 2. The summed E-state index contributed by atoms with van der Waals surface area (Å²) < 4.78 is 53.0. The lowest BCUT2D eigenvalue weighted by atomic mass is 9.85. The Hall–Kier alpha value is -4.28. The molecule has 0 radical (unpaired) electrons. The van der Waals surface area contributed by atoms with Crippen LogP contribution in [-0.2, 0) is 0 Å². The quantitative estimate of drug-likeness (QED) is 0.487. The second kappa shape index (κ2) is 11.4. The van der Waals surface area contributed by atoms with Crippen LogP contribution in [0.4, 0.5) is 13.2 Å². The van der Waals surface area contributed by atoms with Crippen LogP contribution in [0.25, 0.3) is 0 Å². The molecule has 0 unspecified atom stereocenters. The molecule has 4 rings (SSSR count). The van der Waals surface area contributed by atoms with Crippen LogP contribution >= 0.6 is 0 Å². The minimum absolute atomic E-state index is 0.230. The lowest BCUT2D eigenvalue weighted by Crippen LogP contribution is -2.51. The van der Waals surface area contributed by atoms with Crippen molar-refractivity contribution in [2.24, 2.45) is 0 Å². The zero-order valence-electron chi connectivity index (χ0n) is 20.7. The highest BCUT2D eigenvalue weighted by Gasteiger charge is 2.36. The fourth-order valence-corrected chi connectivity index (χ4v) is 4.49. The van der Waals surface area contributed by atoms with Crippen LogP contribution in [0.3, 0.4) is 0 Å². The van der Waals surface area contributed by atoms with E-state index in [0.29, 0.717) is 24.3 Å². The molecule has 3 aromatic rings. The van der Waals surface area contributed by atoms with Gasteiger partial charge in [0.05, 0.1) is 25.3 Å². The van der Waals surface area contributed by atoms with Crippen molar-refractivity contribution in [2.45, 2.75) is 24.7 Å². The van der Waals surface area contributed by atoms with Crippen molar-refractivity contribution in [1.29, 1.82) is 0 Å². The molecule has 38 heavy (non-hydrogen) atoms. The number of piperidine rings is 1. The monoisotopic (exact) mass is 529 g/mol. The van der Waals surface area contributed by atoms with E-state index >= 15 is 0 Å². The number of amides is 2. The SMILES string of the molecule is COc1cc(C(=O)N2CC[C@@H](NC(=O)c3ccccc3OC(F)(F)F)[C@@H](c3ccccc3)C2)cnc1OC. The molecule has 11 heteroatoms. The molecule has 1 aliphatic heterocycles. The number of likely N-dealkylation sites (tertiary alicyclic amines) is 1. The first-order valence-electron chi connectivity index (χ1n) is 11.8. The lowest BCUT2D eigenvalue weighted by molar-refractivity contribution is -0.274. The number of carbonyl (C=O) groups excluding carboxylic acids is 2. The van der Waals surface area contributed by atoms with Gasteiger partial charge in [0.25, 0.3) is 17.7 Å². The second-order valence-electron chi connectivity index (χ2n) is 8.62. The molecule has 2 amide bonds. The van der Waals surface area contributed by atoms with Gasteiger partial charge in [-0.25, -0.2) is 4.98 Å². The molecule has 0 spiro atoms. The van der Waals surface area contributed by atoms with Crippen LogP contribution in [0.5, 0.6) is 17.4 Å². The zero-order valence-corrected chi connectivity index (χ0v) is 20.7. The number of hydrogen-bond donors (Lipinski definition) is 1. The highest BCUT2D eigenvalue weighted by Crippen LogP contribution is 2.31. The van der Waals surface area contributed by atoms with Gasteiger partial charge in [-0.15, -0.1) is 13.2 Å². The van der Waals surface area contributed by atoms with E-state index in [2.05, 4.69) is 15.0 Å². The highest BCUT2D eigenvalue weighted by atomic mass is 19.4. The number of nitrogens with one attached hydrogen (secondary N) is 1. The third-order valence-corrected chi connectivity index (χ3v) is 6.28. The molecule has 1 saturated heterocycles. The summed E-state index contributed by atoms with van der Waals surface area (Å²) in [6, 6.07) is 15.6. The van der Waals surface area contributed by atoms with E-state index in [1.165, 1.54) is 38.6 Å². The third kappa shape index (κ3) is 6.16. The van der Waals surface area contributed by atoms with Crippen molar-refractivity contribution in [3.63, 3.8) is 0 Å². The summed E-state index contributed by atoms with van der Waals surface area (Å²) >= 11 is 0. The number of alkyl halides is 3. The summed E-state index contributed by atoms with van der Waals surface area (Å²) in [5, 5.41) is 2.87. The first kappa shape index (κ1) is 26.8. The summed E-state index contributed by atoms with van der Waals surface area (Å²) in [6.45, 7) is 0.574. The zero-order chi connectivity index (χ0) is 27.3. The summed E-state index contributed by atoms with van der Waals surface area (Å²) in [4.78, 5) is 32.2. The molecule has 2 aromatic carbocycles. The van der Waals surface area contributed by atoms with Gasteiger partial charge in [0, 0.05) is 37.3 Å². The summed E-state index contributed by atoms with van der Waals surface area (Å²) in [5.41, 5.74) is 0.960. The Morgan fingerprint density at radius 2 is 1.71 bits per heavy atom. The highest BCUT2D eigenvalue weighted by molar-refractivity contribution is 5.97. The Bertz CT molecular complexity index is 1290. The van der Waals surface area contributed by atoms with Crippen molar-refractivity contribution >= 4 is 11.8 Å². The second-order valence-corrected chi connectivity index (χ2v) is 8.62. The average molecular weight is 530 g/mol. The minimum Gasteiger partial charge on any atom is -0.491 e. The van der Waals surface area contributed by atoms with Gasteiger partial charge >= 0.3 is 6.36 Å². The van der Waals surface area contributed by atoms with Gasteiger partial charge in [-0.1, -0.05) is 42.5 Å². The molecule has 2 heterocycles. The summed E-state index contributed by atoms with van der Waals surface area (Å²) in [5.74, 6) is -1.29. The molecule has 1 aromatic heterocycles. The largest absolute Gasteiger partial charge is 0.573 e. The van der Waals surface area contributed by atoms with Crippen molar-refractivity contribution in [3.05, 3.63) is 83.6 Å². The predicted molar refractivity (Wildman–Crippen MR) is 131 cm³/mol. The van der Waals surface area contributed by atoms with Gasteiger partial charge in [-0.2, -0.15) is 0 Å². The number of halogens is 3. The molecule has 0 aliphatic carbocycles. The Kier molecular flexibility index (Phi) is 8.04. The van der Waals surface area contributed by atoms with E-state index < -0.39 is 24.1 Å². The molecular formula is C27H26F3N3O5. The van der Waals surface area contributed by atoms with Gasteiger partial charge in [0.15, 0.2) is 5.75 Å². The Morgan fingerprint density at radius 3 is 2.39 bits per heavy atom. The van der Waals surface area contributed by atoms with Crippen LogP contribution in [0.15, 0.2) is 66.9 Å². The number of aromatic nitrogens is 1. The molecular weight excluding hydrogens is 503 g/mol. The fourth-order valence-electron chi connectivity index (χ4n) is 4.49. The number of ether oxygens (including phenoxy) is 3. The molecule has 2 atom stereocenters. The summed E-state index contributed by atoms with van der Waals surface area (Å²) in [6.07, 6.45) is -3.15. The van der Waals surface area contributed by atoms with E-state index in [9.17, 15) is 22.8 Å². The molecule has 1 aliphatic rings. The van der Waals surface area contributed by atoms with E-state index in [-0.39, 0.29) is 29.8 Å². The molecule has 1 fully saturated rings. The number of nitrogens with zero attached hydrogens (tertiary/aromatic N) is 2. The lowest BCUT2D eigenvalue weighted by Gasteiger charge is -2.39. The molecule has 8 nitrogen and oxygen atoms in total. The first-order chi connectivity index (χ1) is 18.2. The first-order valence-corrected chi connectivity index (χ1v) is 11.8. The third-order valence-electron chi connectivity index (χ3n) is 6.28. The van der Waals surface area contributed by atoms with E-state index in [1.807, 2.05) is 30.3 Å². The normalized spacial score (nSPS) is 17.4. The van der Waals surface area contributed by atoms with Gasteiger partial charge in [-0.3, -0.25) is 9.59 Å². The topological polar surface area (TPSA) is 90.0 Å². The van der Waals surface area contributed by atoms with Gasteiger partial charge in [0.2, 0.25) is 0 Å². The fraction of sp³-hybridized carbons (Fsp3) is 0.296. The number of para-hydroxylation sites is 1. The van der Waals surface area contributed by atoms with E-state index in [4.69, 9.17) is 9.47 Å². The van der Waals surface area contributed by atoms with E-state index in [1.54, 1.807) is 11.0 Å². The average Bonchev–Trinajstić information content (AvgIpc) is 2.92.